The maximum atomic E-state index is 12.5. The van der Waals surface area contributed by atoms with Crippen molar-refractivity contribution in [3.05, 3.63) is 10.7 Å². The molecule has 0 aliphatic carbocycles. The highest BCUT2D eigenvalue weighted by Gasteiger charge is 2.17. The van der Waals surface area contributed by atoms with Gasteiger partial charge in [-0.05, 0) is 22.9 Å². The molecule has 0 amide bonds. The van der Waals surface area contributed by atoms with Crippen LogP contribution in [0.4, 0.5) is 20.5 Å². The van der Waals surface area contributed by atoms with Gasteiger partial charge in [0, 0.05) is 19.3 Å². The largest absolute Gasteiger partial charge is 0.395 e. The van der Waals surface area contributed by atoms with Gasteiger partial charge in [-0.2, -0.15) is 4.98 Å². The predicted octanol–water partition coefficient (Wildman–Crippen LogP) is 1.73. The van der Waals surface area contributed by atoms with Crippen LogP contribution in [-0.4, -0.2) is 47.7 Å². The molecule has 0 saturated carbocycles. The molecule has 0 saturated heterocycles. The van der Waals surface area contributed by atoms with E-state index in [1.165, 1.54) is 11.1 Å². The highest BCUT2D eigenvalue weighted by Crippen LogP contribution is 2.24. The number of alkyl halides is 2. The van der Waals surface area contributed by atoms with Crippen LogP contribution in [0, 0.1) is 0 Å². The summed E-state index contributed by atoms with van der Waals surface area (Å²) in [5.74, 6) is 0.711. The fraction of sp³-hybridized carbons (Fsp3) is 0.600. The van der Waals surface area contributed by atoms with Gasteiger partial charge in [0.05, 0.1) is 17.6 Å². The van der Waals surface area contributed by atoms with Crippen LogP contribution in [0.1, 0.15) is 6.92 Å². The fourth-order valence-corrected chi connectivity index (χ4v) is 1.84. The molecule has 8 heteroatoms. The highest BCUT2D eigenvalue weighted by molar-refractivity contribution is 9.10. The van der Waals surface area contributed by atoms with Gasteiger partial charge in [-0.3, -0.25) is 0 Å². The number of rotatable bonds is 7. The third kappa shape index (κ3) is 4.34. The number of hydrogen-bond donors (Lipinski definition) is 2. The molecule has 1 heterocycles. The summed E-state index contributed by atoms with van der Waals surface area (Å²) in [7, 11) is 0. The van der Waals surface area contributed by atoms with Gasteiger partial charge < -0.3 is 15.3 Å². The average Bonchev–Trinajstić information content (AvgIpc) is 2.31. The van der Waals surface area contributed by atoms with Crippen molar-refractivity contribution in [3.8, 4) is 0 Å². The standard InChI is InChI=1S/C10H15BrF2N4O/c1-2-14-10-15-5-7(11)9(16-10)17(3-4-18)6-8(12)13/h5,8,18H,2-4,6H2,1H3,(H,14,15,16). The molecule has 1 rings (SSSR count). The van der Waals surface area contributed by atoms with E-state index in [4.69, 9.17) is 5.11 Å². The zero-order valence-corrected chi connectivity index (χ0v) is 11.5. The van der Waals surface area contributed by atoms with Crippen molar-refractivity contribution in [1.82, 2.24) is 9.97 Å². The minimum atomic E-state index is -2.50. The summed E-state index contributed by atoms with van der Waals surface area (Å²) < 4.78 is 25.5. The van der Waals surface area contributed by atoms with Gasteiger partial charge in [0.1, 0.15) is 5.82 Å². The van der Waals surface area contributed by atoms with Crippen molar-refractivity contribution >= 4 is 27.7 Å². The molecule has 18 heavy (non-hydrogen) atoms. The van der Waals surface area contributed by atoms with Crippen LogP contribution in [0.25, 0.3) is 0 Å². The molecule has 0 unspecified atom stereocenters. The normalized spacial score (nSPS) is 10.8. The summed E-state index contributed by atoms with van der Waals surface area (Å²) in [5.41, 5.74) is 0. The molecular weight excluding hydrogens is 310 g/mol. The number of halogens is 3. The first-order chi connectivity index (χ1) is 8.58. The van der Waals surface area contributed by atoms with E-state index in [0.717, 1.165) is 0 Å². The number of nitrogens with one attached hydrogen (secondary N) is 1. The van der Waals surface area contributed by atoms with Gasteiger partial charge in [0.2, 0.25) is 5.95 Å². The number of aromatic nitrogens is 2. The summed E-state index contributed by atoms with van der Waals surface area (Å²) in [4.78, 5) is 9.47. The van der Waals surface area contributed by atoms with E-state index in [9.17, 15) is 8.78 Å². The van der Waals surface area contributed by atoms with Crippen LogP contribution in [0.3, 0.4) is 0 Å². The number of nitrogens with zero attached hydrogens (tertiary/aromatic N) is 3. The van der Waals surface area contributed by atoms with Gasteiger partial charge in [-0.1, -0.05) is 0 Å². The Morgan fingerprint density at radius 2 is 2.28 bits per heavy atom. The molecule has 102 valence electrons. The first kappa shape index (κ1) is 15.0. The van der Waals surface area contributed by atoms with Crippen LogP contribution in [0.5, 0.6) is 0 Å². The topological polar surface area (TPSA) is 61.3 Å². The predicted molar refractivity (Wildman–Crippen MR) is 69.2 cm³/mol. The molecule has 0 aliphatic rings. The summed E-state index contributed by atoms with van der Waals surface area (Å²) in [6.07, 6.45) is -1.00. The lowest BCUT2D eigenvalue weighted by atomic mass is 10.4. The molecule has 0 aromatic carbocycles. The third-order valence-corrected chi connectivity index (χ3v) is 2.65. The molecule has 1 aromatic heterocycles. The molecule has 0 atom stereocenters. The molecular formula is C10H15BrF2N4O. The van der Waals surface area contributed by atoms with E-state index in [-0.39, 0.29) is 13.2 Å². The number of anilines is 2. The second-order valence-electron chi connectivity index (χ2n) is 3.46. The second kappa shape index (κ2) is 7.42. The maximum absolute atomic E-state index is 12.5. The van der Waals surface area contributed by atoms with Gasteiger partial charge in [0.15, 0.2) is 0 Å². The Bertz CT molecular complexity index is 381. The Labute approximate surface area is 112 Å². The molecule has 0 radical (unpaired) electrons. The summed E-state index contributed by atoms with van der Waals surface area (Å²) in [5, 5.41) is 11.8. The quantitative estimate of drug-likeness (QED) is 0.800. The second-order valence-corrected chi connectivity index (χ2v) is 4.31. The van der Waals surface area contributed by atoms with Crippen LogP contribution < -0.4 is 10.2 Å². The first-order valence-corrected chi connectivity index (χ1v) is 6.28. The Balaban J connectivity index is 2.97. The molecule has 0 aliphatic heterocycles. The molecule has 1 aromatic rings. The lowest BCUT2D eigenvalue weighted by Crippen LogP contribution is -2.32. The maximum Gasteiger partial charge on any atom is 0.255 e. The van der Waals surface area contributed by atoms with Crippen molar-refractivity contribution in [1.29, 1.82) is 0 Å². The van der Waals surface area contributed by atoms with Crippen molar-refractivity contribution in [2.75, 3.05) is 36.5 Å². The fourth-order valence-electron chi connectivity index (χ4n) is 1.39. The van der Waals surface area contributed by atoms with Crippen molar-refractivity contribution in [3.63, 3.8) is 0 Å². The smallest absolute Gasteiger partial charge is 0.255 e. The van der Waals surface area contributed by atoms with Crippen molar-refractivity contribution in [2.45, 2.75) is 13.3 Å². The molecule has 2 N–H and O–H groups in total. The number of aliphatic hydroxyl groups is 1. The molecule has 0 spiro atoms. The van der Waals surface area contributed by atoms with Crippen LogP contribution >= 0.6 is 15.9 Å². The van der Waals surface area contributed by atoms with Crippen LogP contribution in [0.15, 0.2) is 10.7 Å². The molecule has 0 bridgehead atoms. The minimum absolute atomic E-state index is 0.0888. The monoisotopic (exact) mass is 324 g/mol. The van der Waals surface area contributed by atoms with E-state index < -0.39 is 13.0 Å². The summed E-state index contributed by atoms with van der Waals surface area (Å²) in [6, 6.07) is 0. The zero-order chi connectivity index (χ0) is 13.5. The van der Waals surface area contributed by atoms with Crippen LogP contribution in [-0.2, 0) is 0 Å². The van der Waals surface area contributed by atoms with Gasteiger partial charge in [-0.15, -0.1) is 0 Å². The van der Waals surface area contributed by atoms with E-state index in [1.54, 1.807) is 0 Å². The number of aliphatic hydroxyl groups excluding tert-OH is 1. The van der Waals surface area contributed by atoms with E-state index in [2.05, 4.69) is 31.2 Å². The van der Waals surface area contributed by atoms with Gasteiger partial charge >= 0.3 is 0 Å². The van der Waals surface area contributed by atoms with E-state index >= 15 is 0 Å². The minimum Gasteiger partial charge on any atom is -0.395 e. The van der Waals surface area contributed by atoms with Crippen molar-refractivity contribution < 1.29 is 13.9 Å². The Hall–Kier alpha value is -1.02. The zero-order valence-electron chi connectivity index (χ0n) is 9.91. The lowest BCUT2D eigenvalue weighted by Gasteiger charge is -2.23. The Morgan fingerprint density at radius 1 is 1.56 bits per heavy atom. The Kier molecular flexibility index (Phi) is 6.20. The van der Waals surface area contributed by atoms with Crippen LogP contribution in [0.2, 0.25) is 0 Å². The summed E-state index contributed by atoms with van der Waals surface area (Å²) >= 11 is 3.22. The lowest BCUT2D eigenvalue weighted by molar-refractivity contribution is 0.152. The average molecular weight is 325 g/mol. The first-order valence-electron chi connectivity index (χ1n) is 5.48. The van der Waals surface area contributed by atoms with Gasteiger partial charge in [-0.25, -0.2) is 13.8 Å². The summed E-state index contributed by atoms with van der Waals surface area (Å²) in [6.45, 7) is 1.90. The molecule has 0 fully saturated rings. The number of hydrogen-bond acceptors (Lipinski definition) is 5. The van der Waals surface area contributed by atoms with E-state index in [0.29, 0.717) is 22.8 Å². The van der Waals surface area contributed by atoms with E-state index in [1.807, 2.05) is 6.92 Å². The molecule has 5 nitrogen and oxygen atoms in total. The van der Waals surface area contributed by atoms with Crippen molar-refractivity contribution in [2.24, 2.45) is 0 Å². The third-order valence-electron chi connectivity index (χ3n) is 2.09. The Morgan fingerprint density at radius 3 is 2.83 bits per heavy atom. The SMILES string of the molecule is CCNc1ncc(Br)c(N(CCO)CC(F)F)n1. The van der Waals surface area contributed by atoms with Gasteiger partial charge in [0.25, 0.3) is 6.43 Å². The highest BCUT2D eigenvalue weighted by atomic mass is 79.9.